The third-order valence-corrected chi connectivity index (χ3v) is 4.16. The van der Waals surface area contributed by atoms with Gasteiger partial charge in [-0.15, -0.1) is 24.0 Å². The highest BCUT2D eigenvalue weighted by Gasteiger charge is 2.23. The molecule has 0 spiro atoms. The van der Waals surface area contributed by atoms with Gasteiger partial charge < -0.3 is 20.1 Å². The Bertz CT molecular complexity index is 690. The van der Waals surface area contributed by atoms with E-state index in [1.54, 1.807) is 0 Å². The van der Waals surface area contributed by atoms with Crippen molar-refractivity contribution in [2.45, 2.75) is 32.7 Å². The molecule has 2 N–H and O–H groups in total. The van der Waals surface area contributed by atoms with Crippen LogP contribution in [0.25, 0.3) is 0 Å². The number of rotatable bonds is 6. The predicted octanol–water partition coefficient (Wildman–Crippen LogP) is 2.37. The lowest BCUT2D eigenvalue weighted by Gasteiger charge is -2.20. The monoisotopic (exact) mass is 470 g/mol. The topological polar surface area (TPSA) is 78.6 Å². The molecule has 1 fully saturated rings. The van der Waals surface area contributed by atoms with E-state index in [1.807, 2.05) is 6.92 Å². The lowest BCUT2D eigenvalue weighted by Crippen LogP contribution is -2.44. The van der Waals surface area contributed by atoms with Crippen LogP contribution in [-0.4, -0.2) is 48.3 Å². The number of hydrogen-bond donors (Lipinski definition) is 2. The number of benzene rings is 1. The van der Waals surface area contributed by atoms with Crippen LogP contribution in [0, 0.1) is 6.92 Å². The van der Waals surface area contributed by atoms with Crippen LogP contribution in [0.3, 0.4) is 0 Å². The van der Waals surface area contributed by atoms with Crippen LogP contribution in [0.15, 0.2) is 39.8 Å². The van der Waals surface area contributed by atoms with Crippen LogP contribution in [0.4, 0.5) is 5.69 Å². The minimum Gasteiger partial charge on any atom is -0.369 e. The zero-order valence-electron chi connectivity index (χ0n) is 15.3. The molecule has 2 heterocycles. The summed E-state index contributed by atoms with van der Waals surface area (Å²) in [7, 11) is 0. The summed E-state index contributed by atoms with van der Waals surface area (Å²) in [5.74, 6) is 2.14. The van der Waals surface area contributed by atoms with Gasteiger partial charge in [0.1, 0.15) is 0 Å². The summed E-state index contributed by atoms with van der Waals surface area (Å²) in [6.45, 7) is 7.39. The molecule has 26 heavy (non-hydrogen) atoms. The third kappa shape index (κ3) is 5.86. The first kappa shape index (κ1) is 20.5. The first-order chi connectivity index (χ1) is 12.2. The summed E-state index contributed by atoms with van der Waals surface area (Å²) in [6, 6.07) is 10.9. The largest absolute Gasteiger partial charge is 0.369 e. The normalized spacial score (nSPS) is 17.1. The molecule has 0 saturated carbocycles. The van der Waals surface area contributed by atoms with E-state index >= 15 is 0 Å². The van der Waals surface area contributed by atoms with E-state index in [-0.39, 0.29) is 24.0 Å². The van der Waals surface area contributed by atoms with Crippen LogP contribution in [-0.2, 0) is 6.42 Å². The molecule has 1 aliphatic rings. The fourth-order valence-electron chi connectivity index (χ4n) is 2.97. The van der Waals surface area contributed by atoms with Crippen molar-refractivity contribution in [2.75, 3.05) is 31.1 Å². The number of halogens is 1. The molecule has 1 aromatic heterocycles. The van der Waals surface area contributed by atoms with Crippen molar-refractivity contribution >= 4 is 35.6 Å². The zero-order chi connectivity index (χ0) is 17.5. The van der Waals surface area contributed by atoms with Crippen molar-refractivity contribution in [3.05, 3.63) is 42.0 Å². The molecule has 0 radical (unpaired) electrons. The number of hydrogen-bond acceptors (Lipinski definition) is 5. The Labute approximate surface area is 171 Å². The maximum absolute atomic E-state index is 5.12. The second-order valence-corrected chi connectivity index (χ2v) is 6.16. The van der Waals surface area contributed by atoms with Crippen LogP contribution in [0.1, 0.15) is 25.1 Å². The molecule has 1 unspecified atom stereocenters. The average molecular weight is 470 g/mol. The molecule has 7 nitrogen and oxygen atoms in total. The van der Waals surface area contributed by atoms with E-state index in [1.165, 1.54) is 5.69 Å². The molecule has 1 atom stereocenters. The molecule has 0 amide bonds. The molecule has 8 heteroatoms. The van der Waals surface area contributed by atoms with Crippen molar-refractivity contribution in [3.8, 4) is 0 Å². The summed E-state index contributed by atoms with van der Waals surface area (Å²) in [5.41, 5.74) is 1.28. The number of aryl methyl sites for hydroxylation is 1. The first-order valence-corrected chi connectivity index (χ1v) is 8.88. The maximum atomic E-state index is 5.12. The maximum Gasteiger partial charge on any atom is 0.228 e. The minimum atomic E-state index is 0. The van der Waals surface area contributed by atoms with Gasteiger partial charge in [0.25, 0.3) is 0 Å². The summed E-state index contributed by atoms with van der Waals surface area (Å²) in [4.78, 5) is 11.2. The van der Waals surface area contributed by atoms with Crippen molar-refractivity contribution in [1.82, 2.24) is 20.8 Å². The Morgan fingerprint density at radius 2 is 2.15 bits per heavy atom. The highest BCUT2D eigenvalue weighted by molar-refractivity contribution is 14.0. The van der Waals surface area contributed by atoms with Gasteiger partial charge in [0.05, 0.1) is 6.54 Å². The van der Waals surface area contributed by atoms with E-state index in [2.05, 4.69) is 67.9 Å². The van der Waals surface area contributed by atoms with Crippen LogP contribution in [0.2, 0.25) is 0 Å². The van der Waals surface area contributed by atoms with Gasteiger partial charge in [0.2, 0.25) is 5.89 Å². The third-order valence-electron chi connectivity index (χ3n) is 4.16. The Morgan fingerprint density at radius 3 is 2.85 bits per heavy atom. The smallest absolute Gasteiger partial charge is 0.228 e. The molecule has 3 rings (SSSR count). The Hall–Kier alpha value is -1.84. The van der Waals surface area contributed by atoms with Gasteiger partial charge in [-0.1, -0.05) is 23.4 Å². The first-order valence-electron chi connectivity index (χ1n) is 8.88. The van der Waals surface area contributed by atoms with Gasteiger partial charge in [-0.05, 0) is 32.4 Å². The lowest BCUT2D eigenvalue weighted by molar-refractivity contribution is 0.376. The lowest BCUT2D eigenvalue weighted by atomic mass is 10.3. The highest BCUT2D eigenvalue weighted by atomic mass is 127. The van der Waals surface area contributed by atoms with Gasteiger partial charge >= 0.3 is 0 Å². The van der Waals surface area contributed by atoms with Gasteiger partial charge in [-0.25, -0.2) is 0 Å². The van der Waals surface area contributed by atoms with E-state index in [0.29, 0.717) is 30.7 Å². The molecule has 2 aromatic rings. The number of anilines is 1. The molecule has 142 valence electrons. The fraction of sp³-hybridized carbons (Fsp3) is 0.500. The van der Waals surface area contributed by atoms with Crippen molar-refractivity contribution in [2.24, 2.45) is 4.99 Å². The SMILES string of the molecule is CCNC(=NCCc1nc(C)no1)NC1CCN(c2ccccc2)C1.I. The molecular formula is C18H27IN6O. The molecular weight excluding hydrogens is 443 g/mol. The number of guanidine groups is 1. The fourth-order valence-corrected chi connectivity index (χ4v) is 2.97. The number of aliphatic imine (C=N–C) groups is 1. The summed E-state index contributed by atoms with van der Waals surface area (Å²) < 4.78 is 5.12. The van der Waals surface area contributed by atoms with E-state index < -0.39 is 0 Å². The number of nitrogens with one attached hydrogen (secondary N) is 2. The molecule has 1 aromatic carbocycles. The molecule has 0 bridgehead atoms. The second kappa shape index (κ2) is 10.3. The Kier molecular flexibility index (Phi) is 8.14. The van der Waals surface area contributed by atoms with E-state index in [9.17, 15) is 0 Å². The number of nitrogens with zero attached hydrogens (tertiary/aromatic N) is 4. The molecule has 1 aliphatic heterocycles. The summed E-state index contributed by atoms with van der Waals surface area (Å²) in [5, 5.41) is 10.6. The number of para-hydroxylation sites is 1. The second-order valence-electron chi connectivity index (χ2n) is 6.16. The van der Waals surface area contributed by atoms with Crippen LogP contribution < -0.4 is 15.5 Å². The van der Waals surface area contributed by atoms with Gasteiger partial charge in [-0.3, -0.25) is 4.99 Å². The van der Waals surface area contributed by atoms with Crippen LogP contribution in [0.5, 0.6) is 0 Å². The average Bonchev–Trinajstić information content (AvgIpc) is 3.25. The quantitative estimate of drug-likeness (QED) is 0.384. The van der Waals surface area contributed by atoms with Crippen molar-refractivity contribution in [3.63, 3.8) is 0 Å². The Morgan fingerprint density at radius 1 is 1.35 bits per heavy atom. The standard InChI is InChI=1S/C18H26N6O.HI/c1-3-19-18(20-11-9-17-21-14(2)23-25-17)22-15-10-12-24(13-15)16-7-5-4-6-8-16;/h4-8,15H,3,9-13H2,1-2H3,(H2,19,20,22);1H. The van der Waals surface area contributed by atoms with E-state index in [0.717, 1.165) is 32.0 Å². The van der Waals surface area contributed by atoms with E-state index in [4.69, 9.17) is 4.52 Å². The van der Waals surface area contributed by atoms with Gasteiger partial charge in [0.15, 0.2) is 11.8 Å². The Balaban J connectivity index is 0.00000243. The zero-order valence-corrected chi connectivity index (χ0v) is 17.6. The van der Waals surface area contributed by atoms with Gasteiger partial charge in [-0.2, -0.15) is 4.98 Å². The van der Waals surface area contributed by atoms with Crippen molar-refractivity contribution < 1.29 is 4.52 Å². The summed E-state index contributed by atoms with van der Waals surface area (Å²) in [6.07, 6.45) is 1.75. The highest BCUT2D eigenvalue weighted by Crippen LogP contribution is 2.19. The van der Waals surface area contributed by atoms with Crippen LogP contribution >= 0.6 is 24.0 Å². The molecule has 0 aliphatic carbocycles. The number of aromatic nitrogens is 2. The predicted molar refractivity (Wildman–Crippen MR) is 114 cm³/mol. The van der Waals surface area contributed by atoms with Gasteiger partial charge in [0, 0.05) is 37.8 Å². The minimum absolute atomic E-state index is 0. The van der Waals surface area contributed by atoms with Crippen molar-refractivity contribution in [1.29, 1.82) is 0 Å². The molecule has 1 saturated heterocycles. The summed E-state index contributed by atoms with van der Waals surface area (Å²) >= 11 is 0.